The largest absolute Gasteiger partial charge is 0.490 e. The molecule has 0 unspecified atom stereocenters. The molecular formula is C17H21ClN4O2. The van der Waals surface area contributed by atoms with Crippen LogP contribution >= 0.6 is 11.6 Å². The highest BCUT2D eigenvalue weighted by atomic mass is 35.5. The van der Waals surface area contributed by atoms with Gasteiger partial charge in [0.05, 0.1) is 12.4 Å². The van der Waals surface area contributed by atoms with Crippen molar-refractivity contribution in [3.63, 3.8) is 0 Å². The summed E-state index contributed by atoms with van der Waals surface area (Å²) in [5, 5.41) is 0.689. The molecule has 128 valence electrons. The van der Waals surface area contributed by atoms with Crippen LogP contribution in [0.3, 0.4) is 0 Å². The zero-order valence-corrected chi connectivity index (χ0v) is 14.1. The molecule has 1 aromatic heterocycles. The molecule has 0 radical (unpaired) electrons. The maximum absolute atomic E-state index is 12.4. The van der Waals surface area contributed by atoms with Crippen molar-refractivity contribution >= 4 is 17.5 Å². The minimum atomic E-state index is -0.542. The first-order chi connectivity index (χ1) is 11.6. The number of benzene rings is 1. The van der Waals surface area contributed by atoms with Crippen LogP contribution in [-0.4, -0.2) is 46.0 Å². The molecule has 1 fully saturated rings. The zero-order valence-electron chi connectivity index (χ0n) is 13.3. The SMILES string of the molecule is N[C@@H](Cc1cnc[nH]1)C(=O)N1CCC(Oc2ccc(Cl)cc2)CC1. The van der Waals surface area contributed by atoms with Gasteiger partial charge in [-0.05, 0) is 24.3 Å². The Kier molecular flexibility index (Phi) is 5.37. The van der Waals surface area contributed by atoms with Crippen LogP contribution in [0, 0.1) is 0 Å². The summed E-state index contributed by atoms with van der Waals surface area (Å²) in [5.41, 5.74) is 6.90. The van der Waals surface area contributed by atoms with Gasteiger partial charge in [0.15, 0.2) is 0 Å². The molecule has 1 amide bonds. The van der Waals surface area contributed by atoms with E-state index in [-0.39, 0.29) is 12.0 Å². The number of imidazole rings is 1. The number of nitrogens with zero attached hydrogens (tertiary/aromatic N) is 2. The zero-order chi connectivity index (χ0) is 16.9. The van der Waals surface area contributed by atoms with Crippen molar-refractivity contribution in [1.29, 1.82) is 0 Å². The maximum Gasteiger partial charge on any atom is 0.239 e. The second-order valence-electron chi connectivity index (χ2n) is 5.98. The van der Waals surface area contributed by atoms with Crippen LogP contribution in [0.4, 0.5) is 0 Å². The molecule has 0 bridgehead atoms. The number of H-pyrrole nitrogens is 1. The number of ether oxygens (including phenoxy) is 1. The Morgan fingerprint density at radius 3 is 2.71 bits per heavy atom. The van der Waals surface area contributed by atoms with Gasteiger partial charge in [-0.25, -0.2) is 4.98 Å². The van der Waals surface area contributed by atoms with Crippen LogP contribution in [0.2, 0.25) is 5.02 Å². The van der Waals surface area contributed by atoms with Gasteiger partial charge >= 0.3 is 0 Å². The minimum absolute atomic E-state index is 0.0189. The van der Waals surface area contributed by atoms with Crippen molar-refractivity contribution in [2.24, 2.45) is 5.73 Å². The van der Waals surface area contributed by atoms with Gasteiger partial charge in [-0.15, -0.1) is 0 Å². The second-order valence-corrected chi connectivity index (χ2v) is 6.42. The molecule has 0 saturated carbocycles. The highest BCUT2D eigenvalue weighted by molar-refractivity contribution is 6.30. The lowest BCUT2D eigenvalue weighted by atomic mass is 10.1. The smallest absolute Gasteiger partial charge is 0.239 e. The van der Waals surface area contributed by atoms with Crippen molar-refractivity contribution in [2.45, 2.75) is 31.4 Å². The van der Waals surface area contributed by atoms with Crippen molar-refractivity contribution in [3.8, 4) is 5.75 Å². The van der Waals surface area contributed by atoms with E-state index in [1.807, 2.05) is 29.2 Å². The maximum atomic E-state index is 12.4. The number of aromatic amines is 1. The van der Waals surface area contributed by atoms with E-state index in [2.05, 4.69) is 9.97 Å². The fraction of sp³-hybridized carbons (Fsp3) is 0.412. The van der Waals surface area contributed by atoms with Gasteiger partial charge in [0.1, 0.15) is 11.9 Å². The number of halogens is 1. The summed E-state index contributed by atoms with van der Waals surface area (Å²) in [6.45, 7) is 1.32. The van der Waals surface area contributed by atoms with Gasteiger partial charge in [-0.3, -0.25) is 4.79 Å². The average molecular weight is 349 g/mol. The summed E-state index contributed by atoms with van der Waals surface area (Å²) in [4.78, 5) is 21.2. The van der Waals surface area contributed by atoms with Crippen molar-refractivity contribution in [1.82, 2.24) is 14.9 Å². The third kappa shape index (κ3) is 4.27. The van der Waals surface area contributed by atoms with E-state index in [4.69, 9.17) is 22.1 Å². The molecule has 2 aromatic rings. The first-order valence-electron chi connectivity index (χ1n) is 8.05. The predicted octanol–water partition coefficient (Wildman–Crippen LogP) is 2.00. The predicted molar refractivity (Wildman–Crippen MR) is 91.9 cm³/mol. The number of likely N-dealkylation sites (tertiary alicyclic amines) is 1. The molecule has 2 heterocycles. The van der Waals surface area contributed by atoms with E-state index >= 15 is 0 Å². The number of hydrogen-bond donors (Lipinski definition) is 2. The molecule has 0 aliphatic carbocycles. The van der Waals surface area contributed by atoms with E-state index in [0.29, 0.717) is 24.5 Å². The quantitative estimate of drug-likeness (QED) is 0.865. The third-order valence-electron chi connectivity index (χ3n) is 4.18. The van der Waals surface area contributed by atoms with Crippen LogP contribution < -0.4 is 10.5 Å². The number of nitrogens with two attached hydrogens (primary N) is 1. The first-order valence-corrected chi connectivity index (χ1v) is 8.43. The molecule has 1 aliphatic rings. The normalized spacial score (nSPS) is 16.8. The fourth-order valence-corrected chi connectivity index (χ4v) is 2.98. The van der Waals surface area contributed by atoms with E-state index < -0.39 is 6.04 Å². The van der Waals surface area contributed by atoms with Gasteiger partial charge in [-0.2, -0.15) is 0 Å². The summed E-state index contributed by atoms with van der Waals surface area (Å²) in [6.07, 6.45) is 5.46. The fourth-order valence-electron chi connectivity index (χ4n) is 2.85. The lowest BCUT2D eigenvalue weighted by molar-refractivity contribution is -0.134. The van der Waals surface area contributed by atoms with Crippen molar-refractivity contribution in [2.75, 3.05) is 13.1 Å². The molecule has 1 aromatic carbocycles. The molecule has 1 atom stereocenters. The Hall–Kier alpha value is -2.05. The van der Waals surface area contributed by atoms with Crippen LogP contribution in [0.15, 0.2) is 36.8 Å². The summed E-state index contributed by atoms with van der Waals surface area (Å²) < 4.78 is 5.94. The third-order valence-corrected chi connectivity index (χ3v) is 4.43. The van der Waals surface area contributed by atoms with Crippen LogP contribution in [0.1, 0.15) is 18.5 Å². The average Bonchev–Trinajstić information content (AvgIpc) is 3.10. The second kappa shape index (κ2) is 7.68. The lowest BCUT2D eigenvalue weighted by Crippen LogP contribution is -2.49. The summed E-state index contributed by atoms with van der Waals surface area (Å²) in [7, 11) is 0. The van der Waals surface area contributed by atoms with Crippen LogP contribution in [0.5, 0.6) is 5.75 Å². The van der Waals surface area contributed by atoms with Crippen LogP contribution in [-0.2, 0) is 11.2 Å². The molecule has 6 nitrogen and oxygen atoms in total. The number of nitrogens with one attached hydrogen (secondary N) is 1. The number of aromatic nitrogens is 2. The van der Waals surface area contributed by atoms with Gasteiger partial charge in [0.2, 0.25) is 5.91 Å². The molecule has 1 saturated heterocycles. The summed E-state index contributed by atoms with van der Waals surface area (Å²) in [6, 6.07) is 6.80. The monoisotopic (exact) mass is 348 g/mol. The molecular weight excluding hydrogens is 328 g/mol. The number of rotatable bonds is 5. The number of carbonyl (C=O) groups excluding carboxylic acids is 1. The van der Waals surface area contributed by atoms with Gasteiger partial charge in [0.25, 0.3) is 0 Å². The molecule has 0 spiro atoms. The Labute approximate surface area is 146 Å². The van der Waals surface area contributed by atoms with Crippen LogP contribution in [0.25, 0.3) is 0 Å². The highest BCUT2D eigenvalue weighted by Gasteiger charge is 2.27. The summed E-state index contributed by atoms with van der Waals surface area (Å²) >= 11 is 5.87. The van der Waals surface area contributed by atoms with Crippen molar-refractivity contribution < 1.29 is 9.53 Å². The van der Waals surface area contributed by atoms with E-state index in [1.165, 1.54) is 0 Å². The Balaban J connectivity index is 1.47. The first kappa shape index (κ1) is 16.8. The highest BCUT2D eigenvalue weighted by Crippen LogP contribution is 2.21. The Bertz CT molecular complexity index is 652. The van der Waals surface area contributed by atoms with Gasteiger partial charge < -0.3 is 20.4 Å². The van der Waals surface area contributed by atoms with Gasteiger partial charge in [0, 0.05) is 49.3 Å². The van der Waals surface area contributed by atoms with E-state index in [9.17, 15) is 4.79 Å². The Morgan fingerprint density at radius 1 is 1.38 bits per heavy atom. The lowest BCUT2D eigenvalue weighted by Gasteiger charge is -2.33. The van der Waals surface area contributed by atoms with E-state index in [1.54, 1.807) is 12.5 Å². The Morgan fingerprint density at radius 2 is 2.08 bits per heavy atom. The number of piperidine rings is 1. The number of carbonyl (C=O) groups is 1. The topological polar surface area (TPSA) is 84.2 Å². The van der Waals surface area contributed by atoms with Gasteiger partial charge in [-0.1, -0.05) is 11.6 Å². The molecule has 24 heavy (non-hydrogen) atoms. The molecule has 7 heteroatoms. The number of amides is 1. The summed E-state index contributed by atoms with van der Waals surface area (Å²) in [5.74, 6) is 0.787. The number of hydrogen-bond acceptors (Lipinski definition) is 4. The standard InChI is InChI=1S/C17H21ClN4O2/c18-12-1-3-14(4-2-12)24-15-5-7-22(8-6-15)17(23)16(19)9-13-10-20-11-21-13/h1-4,10-11,15-16H,5-9,19H2,(H,20,21)/t16-/m0/s1. The molecule has 1 aliphatic heterocycles. The van der Waals surface area contributed by atoms with E-state index in [0.717, 1.165) is 24.3 Å². The molecule has 3 N–H and O–H groups in total. The minimum Gasteiger partial charge on any atom is -0.490 e. The van der Waals surface area contributed by atoms with Crippen molar-refractivity contribution in [3.05, 3.63) is 47.5 Å². The molecule has 3 rings (SSSR count).